The van der Waals surface area contributed by atoms with E-state index in [2.05, 4.69) is 4.98 Å². The Bertz CT molecular complexity index is 965. The Kier molecular flexibility index (Phi) is 3.38. The fourth-order valence-corrected chi connectivity index (χ4v) is 2.33. The molecule has 7 heteroatoms. The average Bonchev–Trinajstić information content (AvgIpc) is 2.46. The van der Waals surface area contributed by atoms with Gasteiger partial charge < -0.3 is 4.42 Å². The number of benzene rings is 2. The predicted molar refractivity (Wildman–Crippen MR) is 82.1 cm³/mol. The van der Waals surface area contributed by atoms with Crippen molar-refractivity contribution in [2.75, 3.05) is 0 Å². The van der Waals surface area contributed by atoms with Gasteiger partial charge in [-0.1, -0.05) is 11.6 Å². The van der Waals surface area contributed by atoms with Gasteiger partial charge in [-0.25, -0.2) is 9.78 Å². The van der Waals surface area contributed by atoms with Gasteiger partial charge in [0.15, 0.2) is 0 Å². The van der Waals surface area contributed by atoms with E-state index in [-0.39, 0.29) is 11.6 Å². The van der Waals surface area contributed by atoms with Gasteiger partial charge in [0.2, 0.25) is 5.89 Å². The Hall–Kier alpha value is -2.73. The largest absolute Gasteiger partial charge is 0.403 e. The number of aryl methyl sites for hydroxylation is 1. The maximum atomic E-state index is 12.0. The van der Waals surface area contributed by atoms with Crippen LogP contribution < -0.4 is 5.63 Å². The van der Waals surface area contributed by atoms with E-state index in [1.165, 1.54) is 18.2 Å². The Morgan fingerprint density at radius 2 is 2.00 bits per heavy atom. The van der Waals surface area contributed by atoms with Gasteiger partial charge in [0, 0.05) is 22.7 Å². The first-order chi connectivity index (χ1) is 10.5. The standard InChI is InChI=1S/C15H9ClN2O4/c1-8-6-10(18(20)21)3-5-11(8)14-17-13-7-9(16)2-4-12(13)15(19)22-14/h2-7H,1H3. The molecule has 3 aromatic rings. The quantitative estimate of drug-likeness (QED) is 0.531. The van der Waals surface area contributed by atoms with Crippen LogP contribution >= 0.6 is 11.6 Å². The molecule has 110 valence electrons. The lowest BCUT2D eigenvalue weighted by Gasteiger charge is -2.05. The summed E-state index contributed by atoms with van der Waals surface area (Å²) in [5.74, 6) is 0.104. The molecule has 6 nitrogen and oxygen atoms in total. The molecular weight excluding hydrogens is 308 g/mol. The molecule has 0 saturated carbocycles. The second kappa shape index (κ2) is 5.23. The van der Waals surface area contributed by atoms with Crippen molar-refractivity contribution in [2.24, 2.45) is 0 Å². The number of nitro benzene ring substituents is 1. The first kappa shape index (κ1) is 14.2. The highest BCUT2D eigenvalue weighted by Crippen LogP contribution is 2.26. The van der Waals surface area contributed by atoms with Gasteiger partial charge in [0.25, 0.3) is 5.69 Å². The minimum atomic E-state index is -0.533. The third-order valence-electron chi connectivity index (χ3n) is 3.24. The van der Waals surface area contributed by atoms with Gasteiger partial charge >= 0.3 is 5.63 Å². The summed E-state index contributed by atoms with van der Waals surface area (Å²) in [5.41, 5.74) is 0.953. The Morgan fingerprint density at radius 1 is 1.23 bits per heavy atom. The first-order valence-electron chi connectivity index (χ1n) is 6.31. The second-order valence-corrected chi connectivity index (χ2v) is 5.16. The molecule has 1 heterocycles. The summed E-state index contributed by atoms with van der Waals surface area (Å²) < 4.78 is 5.22. The van der Waals surface area contributed by atoms with Gasteiger partial charge in [-0.2, -0.15) is 0 Å². The van der Waals surface area contributed by atoms with Crippen LogP contribution in [0.3, 0.4) is 0 Å². The molecule has 0 aliphatic carbocycles. The zero-order chi connectivity index (χ0) is 15.9. The summed E-state index contributed by atoms with van der Waals surface area (Å²) in [4.78, 5) is 26.6. The zero-order valence-corrected chi connectivity index (χ0v) is 12.1. The molecule has 0 radical (unpaired) electrons. The number of hydrogen-bond acceptors (Lipinski definition) is 5. The molecule has 0 aliphatic heterocycles. The molecule has 0 unspecified atom stereocenters. The van der Waals surface area contributed by atoms with Crippen molar-refractivity contribution >= 4 is 28.2 Å². The van der Waals surface area contributed by atoms with Crippen LogP contribution in [0.25, 0.3) is 22.4 Å². The van der Waals surface area contributed by atoms with Crippen molar-refractivity contribution in [1.29, 1.82) is 0 Å². The molecular formula is C15H9ClN2O4. The lowest BCUT2D eigenvalue weighted by Crippen LogP contribution is -2.03. The number of aromatic nitrogens is 1. The summed E-state index contributed by atoms with van der Waals surface area (Å²) in [6.45, 7) is 1.69. The average molecular weight is 317 g/mol. The van der Waals surface area contributed by atoms with Gasteiger partial charge in [0.05, 0.1) is 15.8 Å². The molecule has 1 aromatic heterocycles. The maximum absolute atomic E-state index is 12.0. The van der Waals surface area contributed by atoms with E-state index < -0.39 is 10.5 Å². The highest BCUT2D eigenvalue weighted by atomic mass is 35.5. The number of nitrogens with zero attached hydrogens (tertiary/aromatic N) is 2. The van der Waals surface area contributed by atoms with E-state index in [0.29, 0.717) is 27.1 Å². The third kappa shape index (κ3) is 2.44. The maximum Gasteiger partial charge on any atom is 0.347 e. The molecule has 0 saturated heterocycles. The number of nitro groups is 1. The lowest BCUT2D eigenvalue weighted by molar-refractivity contribution is -0.384. The Morgan fingerprint density at radius 3 is 2.68 bits per heavy atom. The van der Waals surface area contributed by atoms with Crippen molar-refractivity contribution in [1.82, 2.24) is 4.98 Å². The highest BCUT2D eigenvalue weighted by Gasteiger charge is 2.14. The van der Waals surface area contributed by atoms with Crippen LogP contribution in [0.2, 0.25) is 5.02 Å². The third-order valence-corrected chi connectivity index (χ3v) is 3.48. The minimum Gasteiger partial charge on any atom is -0.403 e. The predicted octanol–water partition coefficient (Wildman–Crippen LogP) is 3.73. The van der Waals surface area contributed by atoms with E-state index in [1.54, 1.807) is 25.1 Å². The van der Waals surface area contributed by atoms with Crippen molar-refractivity contribution < 1.29 is 9.34 Å². The summed E-state index contributed by atoms with van der Waals surface area (Å²) in [6, 6.07) is 8.95. The molecule has 0 N–H and O–H groups in total. The molecule has 0 spiro atoms. The van der Waals surface area contributed by atoms with E-state index in [1.807, 2.05) is 0 Å². The molecule has 0 atom stereocenters. The Balaban J connectivity index is 2.22. The van der Waals surface area contributed by atoms with Gasteiger partial charge in [-0.3, -0.25) is 10.1 Å². The van der Waals surface area contributed by atoms with Gasteiger partial charge in [0.1, 0.15) is 0 Å². The minimum absolute atomic E-state index is 0.0348. The topological polar surface area (TPSA) is 86.2 Å². The number of non-ortho nitro benzene ring substituents is 1. The van der Waals surface area contributed by atoms with Crippen LogP contribution in [0.1, 0.15) is 5.56 Å². The number of fused-ring (bicyclic) bond motifs is 1. The normalized spacial score (nSPS) is 10.8. The number of hydrogen-bond donors (Lipinski definition) is 0. The van der Waals surface area contributed by atoms with Crippen LogP contribution in [0.5, 0.6) is 0 Å². The molecule has 0 bridgehead atoms. The fraction of sp³-hybridized carbons (Fsp3) is 0.0667. The Labute approximate surface area is 129 Å². The number of halogens is 1. The molecule has 22 heavy (non-hydrogen) atoms. The molecule has 2 aromatic carbocycles. The summed E-state index contributed by atoms with van der Waals surface area (Å²) in [7, 11) is 0. The van der Waals surface area contributed by atoms with Crippen LogP contribution in [-0.2, 0) is 0 Å². The number of rotatable bonds is 2. The van der Waals surface area contributed by atoms with Crippen molar-refractivity contribution in [3.63, 3.8) is 0 Å². The van der Waals surface area contributed by atoms with Gasteiger partial charge in [-0.05, 0) is 36.8 Å². The lowest BCUT2D eigenvalue weighted by atomic mass is 10.1. The zero-order valence-electron chi connectivity index (χ0n) is 11.4. The SMILES string of the molecule is Cc1cc([N+](=O)[O-])ccc1-c1nc2cc(Cl)ccc2c(=O)o1. The van der Waals surface area contributed by atoms with Crippen LogP contribution in [0.15, 0.2) is 45.6 Å². The molecule has 0 aliphatic rings. The van der Waals surface area contributed by atoms with Crippen LogP contribution in [-0.4, -0.2) is 9.91 Å². The summed E-state index contributed by atoms with van der Waals surface area (Å²) in [5, 5.41) is 11.6. The summed E-state index contributed by atoms with van der Waals surface area (Å²) >= 11 is 5.91. The van der Waals surface area contributed by atoms with Crippen LogP contribution in [0.4, 0.5) is 5.69 Å². The molecule has 0 amide bonds. The molecule has 0 fully saturated rings. The highest BCUT2D eigenvalue weighted by molar-refractivity contribution is 6.31. The first-order valence-corrected chi connectivity index (χ1v) is 6.69. The van der Waals surface area contributed by atoms with E-state index in [0.717, 1.165) is 0 Å². The smallest absolute Gasteiger partial charge is 0.347 e. The van der Waals surface area contributed by atoms with Crippen molar-refractivity contribution in [3.8, 4) is 11.5 Å². The summed E-state index contributed by atoms with van der Waals surface area (Å²) in [6.07, 6.45) is 0. The second-order valence-electron chi connectivity index (χ2n) is 4.72. The van der Waals surface area contributed by atoms with Crippen molar-refractivity contribution in [2.45, 2.75) is 6.92 Å². The van der Waals surface area contributed by atoms with Gasteiger partial charge in [-0.15, -0.1) is 0 Å². The van der Waals surface area contributed by atoms with E-state index >= 15 is 0 Å². The monoisotopic (exact) mass is 316 g/mol. The van der Waals surface area contributed by atoms with Crippen molar-refractivity contribution in [3.05, 3.63) is 67.5 Å². The van der Waals surface area contributed by atoms with E-state index in [9.17, 15) is 14.9 Å². The fourth-order valence-electron chi connectivity index (χ4n) is 2.16. The molecule has 3 rings (SSSR count). The van der Waals surface area contributed by atoms with E-state index in [4.69, 9.17) is 16.0 Å². The van der Waals surface area contributed by atoms with Crippen LogP contribution in [0, 0.1) is 17.0 Å².